The standard InChI is InChI=1S/C12H9BrFN3O2/c1-16-9-4-6(14)3-7(12(18)19-2)10(9)17-11(16)8(13)5-15-17/h3-5H,1-2H3. The number of rotatable bonds is 1. The molecule has 0 aliphatic heterocycles. The summed E-state index contributed by atoms with van der Waals surface area (Å²) < 4.78 is 22.5. The van der Waals surface area contributed by atoms with Crippen LogP contribution >= 0.6 is 15.9 Å². The van der Waals surface area contributed by atoms with Gasteiger partial charge >= 0.3 is 5.97 Å². The van der Waals surface area contributed by atoms with E-state index in [0.29, 0.717) is 11.0 Å². The smallest absolute Gasteiger partial charge is 0.340 e. The predicted octanol–water partition coefficient (Wildman–Crippen LogP) is 2.51. The van der Waals surface area contributed by atoms with Crippen LogP contribution in [0.25, 0.3) is 16.7 Å². The average Bonchev–Trinajstić information content (AvgIpc) is 2.89. The van der Waals surface area contributed by atoms with Gasteiger partial charge in [0.2, 0.25) is 0 Å². The van der Waals surface area contributed by atoms with E-state index in [1.807, 2.05) is 0 Å². The van der Waals surface area contributed by atoms with Crippen LogP contribution < -0.4 is 0 Å². The van der Waals surface area contributed by atoms with Gasteiger partial charge in [0.1, 0.15) is 11.3 Å². The first kappa shape index (κ1) is 12.2. The second-order valence-electron chi connectivity index (χ2n) is 4.10. The highest BCUT2D eigenvalue weighted by Gasteiger charge is 2.21. The lowest BCUT2D eigenvalue weighted by Gasteiger charge is -2.02. The highest BCUT2D eigenvalue weighted by Crippen LogP contribution is 2.28. The van der Waals surface area contributed by atoms with Crippen molar-refractivity contribution in [1.29, 1.82) is 0 Å². The number of halogens is 2. The molecule has 0 spiro atoms. The number of hydrogen-bond donors (Lipinski definition) is 0. The van der Waals surface area contributed by atoms with Gasteiger partial charge in [0.15, 0.2) is 5.65 Å². The Labute approximate surface area is 115 Å². The maximum atomic E-state index is 13.6. The molecule has 98 valence electrons. The molecule has 0 amide bonds. The third-order valence-electron chi connectivity index (χ3n) is 3.05. The van der Waals surface area contributed by atoms with Gasteiger partial charge in [0, 0.05) is 7.05 Å². The summed E-state index contributed by atoms with van der Waals surface area (Å²) >= 11 is 3.38. The number of ether oxygens (including phenoxy) is 1. The number of carbonyl (C=O) groups excluding carboxylic acids is 1. The molecule has 2 aromatic heterocycles. The Morgan fingerprint density at radius 2 is 2.21 bits per heavy atom. The molecule has 0 atom stereocenters. The number of nitrogens with zero attached hydrogens (tertiary/aromatic N) is 3. The van der Waals surface area contributed by atoms with Crippen molar-refractivity contribution in [3.63, 3.8) is 0 Å². The molecular weight excluding hydrogens is 317 g/mol. The van der Waals surface area contributed by atoms with Crippen LogP contribution in [0.4, 0.5) is 4.39 Å². The number of carbonyl (C=O) groups is 1. The minimum atomic E-state index is -0.594. The van der Waals surface area contributed by atoms with Crippen molar-refractivity contribution in [2.75, 3.05) is 7.11 Å². The van der Waals surface area contributed by atoms with E-state index in [4.69, 9.17) is 4.74 Å². The summed E-state index contributed by atoms with van der Waals surface area (Å²) in [4.78, 5) is 11.8. The summed E-state index contributed by atoms with van der Waals surface area (Å²) in [6, 6.07) is 2.52. The van der Waals surface area contributed by atoms with Crippen LogP contribution in [0.1, 0.15) is 10.4 Å². The number of methoxy groups -OCH3 is 1. The minimum absolute atomic E-state index is 0.152. The van der Waals surface area contributed by atoms with Crippen LogP contribution in [0.3, 0.4) is 0 Å². The van der Waals surface area contributed by atoms with Crippen molar-refractivity contribution in [3.8, 4) is 0 Å². The molecule has 2 heterocycles. The Bertz CT molecular complexity index is 821. The molecule has 7 heteroatoms. The van der Waals surface area contributed by atoms with Crippen molar-refractivity contribution in [2.45, 2.75) is 0 Å². The lowest BCUT2D eigenvalue weighted by molar-refractivity contribution is 0.0602. The van der Waals surface area contributed by atoms with Crippen LogP contribution in [-0.4, -0.2) is 27.3 Å². The lowest BCUT2D eigenvalue weighted by Crippen LogP contribution is -2.04. The molecule has 0 N–H and O–H groups in total. The number of fused-ring (bicyclic) bond motifs is 3. The van der Waals surface area contributed by atoms with Gasteiger partial charge in [-0.05, 0) is 28.1 Å². The Balaban J connectivity index is 2.56. The molecule has 3 aromatic rings. The molecule has 0 radical (unpaired) electrons. The van der Waals surface area contributed by atoms with E-state index >= 15 is 0 Å². The molecule has 0 aliphatic rings. The van der Waals surface area contributed by atoms with Gasteiger partial charge in [-0.3, -0.25) is 0 Å². The number of aryl methyl sites for hydroxylation is 1. The van der Waals surface area contributed by atoms with Gasteiger partial charge in [-0.2, -0.15) is 5.10 Å². The normalized spacial score (nSPS) is 11.4. The Kier molecular flexibility index (Phi) is 2.60. The number of imidazole rings is 1. The van der Waals surface area contributed by atoms with Crippen LogP contribution in [-0.2, 0) is 11.8 Å². The lowest BCUT2D eigenvalue weighted by atomic mass is 10.2. The van der Waals surface area contributed by atoms with E-state index in [1.54, 1.807) is 22.3 Å². The third-order valence-corrected chi connectivity index (χ3v) is 3.61. The maximum absolute atomic E-state index is 13.6. The number of benzene rings is 1. The second-order valence-corrected chi connectivity index (χ2v) is 4.95. The average molecular weight is 326 g/mol. The molecule has 0 saturated heterocycles. The summed E-state index contributed by atoms with van der Waals surface area (Å²) in [5.74, 6) is -1.09. The van der Waals surface area contributed by atoms with Gasteiger partial charge in [-0.15, -0.1) is 0 Å². The first-order chi connectivity index (χ1) is 9.04. The summed E-state index contributed by atoms with van der Waals surface area (Å²) in [6.45, 7) is 0. The highest BCUT2D eigenvalue weighted by molar-refractivity contribution is 9.10. The molecule has 0 bridgehead atoms. The van der Waals surface area contributed by atoms with E-state index in [-0.39, 0.29) is 5.56 Å². The summed E-state index contributed by atoms with van der Waals surface area (Å²) in [6.07, 6.45) is 1.62. The molecule has 3 rings (SSSR count). The SMILES string of the molecule is COC(=O)c1cc(F)cc2c1n1ncc(Br)c1n2C. The zero-order chi connectivity index (χ0) is 13.7. The van der Waals surface area contributed by atoms with Gasteiger partial charge in [-0.25, -0.2) is 13.7 Å². The van der Waals surface area contributed by atoms with E-state index in [0.717, 1.165) is 16.2 Å². The number of hydrogen-bond acceptors (Lipinski definition) is 3. The van der Waals surface area contributed by atoms with Crippen molar-refractivity contribution in [2.24, 2.45) is 7.05 Å². The largest absolute Gasteiger partial charge is 0.465 e. The van der Waals surface area contributed by atoms with Crippen LogP contribution in [0.2, 0.25) is 0 Å². The highest BCUT2D eigenvalue weighted by atomic mass is 79.9. The van der Waals surface area contributed by atoms with Crippen LogP contribution in [0.5, 0.6) is 0 Å². The van der Waals surface area contributed by atoms with E-state index in [2.05, 4.69) is 21.0 Å². The fourth-order valence-corrected chi connectivity index (χ4v) is 2.76. The fourth-order valence-electron chi connectivity index (χ4n) is 2.23. The molecule has 0 saturated carbocycles. The number of aromatic nitrogens is 3. The zero-order valence-corrected chi connectivity index (χ0v) is 11.7. The van der Waals surface area contributed by atoms with Crippen LogP contribution in [0, 0.1) is 5.82 Å². The van der Waals surface area contributed by atoms with Gasteiger partial charge in [0.05, 0.1) is 28.9 Å². The first-order valence-corrected chi connectivity index (χ1v) is 6.23. The second kappa shape index (κ2) is 4.06. The van der Waals surface area contributed by atoms with E-state index in [9.17, 15) is 9.18 Å². The van der Waals surface area contributed by atoms with Crippen molar-refractivity contribution in [3.05, 3.63) is 34.2 Å². The third kappa shape index (κ3) is 1.58. The topological polar surface area (TPSA) is 48.5 Å². The molecule has 19 heavy (non-hydrogen) atoms. The molecule has 0 aliphatic carbocycles. The van der Waals surface area contributed by atoms with Gasteiger partial charge < -0.3 is 9.30 Å². The zero-order valence-electron chi connectivity index (χ0n) is 10.1. The minimum Gasteiger partial charge on any atom is -0.465 e. The quantitative estimate of drug-likeness (QED) is 0.646. The Hall–Kier alpha value is -1.89. The van der Waals surface area contributed by atoms with Crippen molar-refractivity contribution >= 4 is 38.6 Å². The molecule has 0 fully saturated rings. The summed E-state index contributed by atoms with van der Waals surface area (Å²) in [5.41, 5.74) is 1.99. The van der Waals surface area contributed by atoms with Crippen molar-refractivity contribution in [1.82, 2.24) is 14.2 Å². The fraction of sp³-hybridized carbons (Fsp3) is 0.167. The summed E-state index contributed by atoms with van der Waals surface area (Å²) in [5, 5.41) is 4.19. The Morgan fingerprint density at radius 3 is 2.89 bits per heavy atom. The first-order valence-electron chi connectivity index (χ1n) is 5.44. The monoisotopic (exact) mass is 325 g/mol. The van der Waals surface area contributed by atoms with Crippen molar-refractivity contribution < 1.29 is 13.9 Å². The van der Waals surface area contributed by atoms with Gasteiger partial charge in [0.25, 0.3) is 0 Å². The molecular formula is C12H9BrFN3O2. The Morgan fingerprint density at radius 1 is 1.47 bits per heavy atom. The molecule has 5 nitrogen and oxygen atoms in total. The van der Waals surface area contributed by atoms with Crippen LogP contribution in [0.15, 0.2) is 22.8 Å². The molecule has 0 unspecified atom stereocenters. The van der Waals surface area contributed by atoms with E-state index < -0.39 is 11.8 Å². The van der Waals surface area contributed by atoms with E-state index in [1.165, 1.54) is 13.2 Å². The number of esters is 1. The predicted molar refractivity (Wildman–Crippen MR) is 70.7 cm³/mol. The maximum Gasteiger partial charge on any atom is 0.340 e. The molecule has 1 aromatic carbocycles. The van der Waals surface area contributed by atoms with Gasteiger partial charge in [-0.1, -0.05) is 0 Å². The summed E-state index contributed by atoms with van der Waals surface area (Å²) in [7, 11) is 3.04.